The molecule has 2 amide bonds. The van der Waals surface area contributed by atoms with E-state index < -0.39 is 6.04 Å². The Morgan fingerprint density at radius 2 is 1.74 bits per heavy atom. The number of hydrogen-bond donors (Lipinski definition) is 1. The summed E-state index contributed by atoms with van der Waals surface area (Å²) in [7, 11) is 1.59. The van der Waals surface area contributed by atoms with E-state index in [0.717, 1.165) is 5.56 Å². The first-order valence-corrected chi connectivity index (χ1v) is 10.2. The first-order valence-electron chi connectivity index (χ1n) is 10.2. The zero-order chi connectivity index (χ0) is 21.6. The van der Waals surface area contributed by atoms with E-state index in [0.29, 0.717) is 43.4 Å². The quantitative estimate of drug-likeness (QED) is 0.663. The molecule has 0 aliphatic carbocycles. The Morgan fingerprint density at radius 1 is 0.968 bits per heavy atom. The van der Waals surface area contributed by atoms with Crippen molar-refractivity contribution in [3.8, 4) is 5.75 Å². The minimum atomic E-state index is -0.465. The molecule has 7 nitrogen and oxygen atoms in total. The third-order valence-electron chi connectivity index (χ3n) is 5.40. The van der Waals surface area contributed by atoms with Crippen LogP contribution in [0.5, 0.6) is 5.75 Å². The standard InChI is InChI=1S/C24H25N3O4/c1-30-20-10-5-9-19(17-20)25-23(28)22(18-7-3-2-4-8-18)26-12-14-27(15-13-26)24(29)21-11-6-16-31-21/h2-11,16-17,22H,12-15H2,1H3,(H,25,28). The minimum Gasteiger partial charge on any atom is -0.497 e. The monoisotopic (exact) mass is 419 g/mol. The number of rotatable bonds is 6. The molecule has 31 heavy (non-hydrogen) atoms. The zero-order valence-corrected chi connectivity index (χ0v) is 17.4. The average molecular weight is 419 g/mol. The number of hydrogen-bond acceptors (Lipinski definition) is 5. The Balaban J connectivity index is 1.49. The summed E-state index contributed by atoms with van der Waals surface area (Å²) in [4.78, 5) is 29.8. The molecule has 7 heteroatoms. The molecule has 0 radical (unpaired) electrons. The molecule has 3 aromatic rings. The van der Waals surface area contributed by atoms with E-state index in [-0.39, 0.29) is 11.8 Å². The number of piperazine rings is 1. The summed E-state index contributed by atoms with van der Waals surface area (Å²) in [5.74, 6) is 0.773. The van der Waals surface area contributed by atoms with Crippen molar-refractivity contribution in [1.82, 2.24) is 9.80 Å². The second-order valence-corrected chi connectivity index (χ2v) is 7.34. The van der Waals surface area contributed by atoms with Crippen molar-refractivity contribution in [2.24, 2.45) is 0 Å². The summed E-state index contributed by atoms with van der Waals surface area (Å²) in [6.45, 7) is 2.21. The molecule has 1 aromatic heterocycles. The lowest BCUT2D eigenvalue weighted by Crippen LogP contribution is -2.51. The maximum absolute atomic E-state index is 13.3. The molecule has 4 rings (SSSR count). The van der Waals surface area contributed by atoms with E-state index in [2.05, 4.69) is 10.2 Å². The molecule has 1 atom stereocenters. The lowest BCUT2D eigenvalue weighted by atomic mass is 10.0. The van der Waals surface area contributed by atoms with Gasteiger partial charge in [0.15, 0.2) is 5.76 Å². The number of furan rings is 1. The molecule has 0 saturated carbocycles. The molecule has 1 N–H and O–H groups in total. The van der Waals surface area contributed by atoms with E-state index in [1.54, 1.807) is 30.2 Å². The summed E-state index contributed by atoms with van der Waals surface area (Å²) in [5, 5.41) is 3.01. The van der Waals surface area contributed by atoms with Gasteiger partial charge in [0.1, 0.15) is 11.8 Å². The summed E-state index contributed by atoms with van der Waals surface area (Å²) in [6, 6.07) is 19.9. The number of benzene rings is 2. The molecule has 1 unspecified atom stereocenters. The predicted octanol–water partition coefficient (Wildman–Crippen LogP) is 3.43. The topological polar surface area (TPSA) is 75.0 Å². The van der Waals surface area contributed by atoms with Crippen molar-refractivity contribution in [2.75, 3.05) is 38.6 Å². The van der Waals surface area contributed by atoms with E-state index >= 15 is 0 Å². The number of anilines is 1. The number of carbonyl (C=O) groups is 2. The van der Waals surface area contributed by atoms with Crippen LogP contribution in [0.15, 0.2) is 77.4 Å². The van der Waals surface area contributed by atoms with Gasteiger partial charge in [-0.2, -0.15) is 0 Å². The van der Waals surface area contributed by atoms with Crippen LogP contribution in [-0.2, 0) is 4.79 Å². The highest BCUT2D eigenvalue weighted by atomic mass is 16.5. The average Bonchev–Trinajstić information content (AvgIpc) is 3.35. The first-order chi connectivity index (χ1) is 15.2. The fraction of sp³-hybridized carbons (Fsp3) is 0.250. The van der Waals surface area contributed by atoms with Crippen molar-refractivity contribution >= 4 is 17.5 Å². The number of amides is 2. The van der Waals surface area contributed by atoms with Gasteiger partial charge in [0, 0.05) is 37.9 Å². The molecule has 1 fully saturated rings. The summed E-state index contributed by atoms with van der Waals surface area (Å²) in [6.07, 6.45) is 1.50. The minimum absolute atomic E-state index is 0.120. The van der Waals surface area contributed by atoms with Crippen molar-refractivity contribution in [3.05, 3.63) is 84.3 Å². The molecule has 0 spiro atoms. The summed E-state index contributed by atoms with van der Waals surface area (Å²) >= 11 is 0. The molecule has 1 aliphatic rings. The van der Waals surface area contributed by atoms with Gasteiger partial charge in [-0.05, 0) is 29.8 Å². The van der Waals surface area contributed by atoms with Gasteiger partial charge in [0.05, 0.1) is 13.4 Å². The van der Waals surface area contributed by atoms with Crippen LogP contribution in [0.3, 0.4) is 0 Å². The summed E-state index contributed by atoms with van der Waals surface area (Å²) < 4.78 is 10.5. The number of methoxy groups -OCH3 is 1. The Morgan fingerprint density at radius 3 is 2.42 bits per heavy atom. The predicted molar refractivity (Wildman–Crippen MR) is 117 cm³/mol. The smallest absolute Gasteiger partial charge is 0.289 e. The van der Waals surface area contributed by atoms with E-state index in [4.69, 9.17) is 9.15 Å². The van der Waals surface area contributed by atoms with Gasteiger partial charge in [-0.15, -0.1) is 0 Å². The molecule has 2 heterocycles. The Bertz CT molecular complexity index is 1010. The maximum atomic E-state index is 13.3. The molecule has 1 aliphatic heterocycles. The van der Waals surface area contributed by atoms with Crippen molar-refractivity contribution in [2.45, 2.75) is 6.04 Å². The van der Waals surface area contributed by atoms with Crippen LogP contribution >= 0.6 is 0 Å². The van der Waals surface area contributed by atoms with Gasteiger partial charge in [0.25, 0.3) is 5.91 Å². The van der Waals surface area contributed by atoms with Crippen LogP contribution < -0.4 is 10.1 Å². The Hall–Kier alpha value is -3.58. The van der Waals surface area contributed by atoms with Gasteiger partial charge < -0.3 is 19.4 Å². The fourth-order valence-corrected chi connectivity index (χ4v) is 3.81. The third-order valence-corrected chi connectivity index (χ3v) is 5.40. The zero-order valence-electron chi connectivity index (χ0n) is 17.4. The highest BCUT2D eigenvalue weighted by Gasteiger charge is 2.32. The lowest BCUT2D eigenvalue weighted by Gasteiger charge is -2.38. The molecule has 2 aromatic carbocycles. The number of nitrogens with one attached hydrogen (secondary N) is 1. The van der Waals surface area contributed by atoms with Crippen LogP contribution in [0.1, 0.15) is 22.2 Å². The molecular formula is C24H25N3O4. The van der Waals surface area contributed by atoms with Crippen molar-refractivity contribution in [1.29, 1.82) is 0 Å². The first kappa shape index (κ1) is 20.7. The molecule has 1 saturated heterocycles. The highest BCUT2D eigenvalue weighted by Crippen LogP contribution is 2.26. The normalized spacial score (nSPS) is 15.3. The van der Waals surface area contributed by atoms with E-state index in [1.807, 2.05) is 48.5 Å². The maximum Gasteiger partial charge on any atom is 0.289 e. The van der Waals surface area contributed by atoms with Gasteiger partial charge in [-0.3, -0.25) is 14.5 Å². The van der Waals surface area contributed by atoms with Gasteiger partial charge in [-0.1, -0.05) is 36.4 Å². The van der Waals surface area contributed by atoms with Crippen molar-refractivity contribution in [3.63, 3.8) is 0 Å². The van der Waals surface area contributed by atoms with Crippen LogP contribution in [-0.4, -0.2) is 54.9 Å². The molecule has 160 valence electrons. The second-order valence-electron chi connectivity index (χ2n) is 7.34. The Kier molecular flexibility index (Phi) is 6.33. The molecule has 0 bridgehead atoms. The Labute approximate surface area is 181 Å². The second kappa shape index (κ2) is 9.49. The van der Waals surface area contributed by atoms with E-state index in [1.165, 1.54) is 6.26 Å². The molecular weight excluding hydrogens is 394 g/mol. The van der Waals surface area contributed by atoms with Gasteiger partial charge in [0.2, 0.25) is 5.91 Å². The number of carbonyl (C=O) groups excluding carboxylic acids is 2. The van der Waals surface area contributed by atoms with Crippen LogP contribution in [0.2, 0.25) is 0 Å². The SMILES string of the molecule is COc1cccc(NC(=O)C(c2ccccc2)N2CCN(C(=O)c3ccco3)CC2)c1. The van der Waals surface area contributed by atoms with Crippen molar-refractivity contribution < 1.29 is 18.7 Å². The van der Waals surface area contributed by atoms with E-state index in [9.17, 15) is 9.59 Å². The fourth-order valence-electron chi connectivity index (χ4n) is 3.81. The van der Waals surface area contributed by atoms with Crippen LogP contribution in [0.25, 0.3) is 0 Å². The third kappa shape index (κ3) is 4.78. The van der Waals surface area contributed by atoms with Gasteiger partial charge in [-0.25, -0.2) is 0 Å². The van der Waals surface area contributed by atoms with Crippen LogP contribution in [0.4, 0.5) is 5.69 Å². The lowest BCUT2D eigenvalue weighted by molar-refractivity contribution is -0.122. The van der Waals surface area contributed by atoms with Crippen LogP contribution in [0, 0.1) is 0 Å². The summed E-state index contributed by atoms with van der Waals surface area (Å²) in [5.41, 5.74) is 1.59. The highest BCUT2D eigenvalue weighted by molar-refractivity contribution is 5.96. The largest absolute Gasteiger partial charge is 0.497 e. The number of nitrogens with zero attached hydrogens (tertiary/aromatic N) is 2. The van der Waals surface area contributed by atoms with Gasteiger partial charge >= 0.3 is 0 Å². The number of ether oxygens (including phenoxy) is 1.